The lowest BCUT2D eigenvalue weighted by atomic mass is 10.3. The fourth-order valence-electron chi connectivity index (χ4n) is 1.41. The molecule has 6 heteroatoms. The molecule has 0 aliphatic carbocycles. The molecule has 0 atom stereocenters. The molecule has 0 saturated heterocycles. The zero-order valence-corrected chi connectivity index (χ0v) is 8.72. The van der Waals surface area contributed by atoms with Gasteiger partial charge in [-0.05, 0) is 24.3 Å². The van der Waals surface area contributed by atoms with Crippen LogP contribution in [-0.4, -0.2) is 21.9 Å². The van der Waals surface area contributed by atoms with E-state index in [4.69, 9.17) is 10.5 Å². The van der Waals surface area contributed by atoms with Gasteiger partial charge in [-0.25, -0.2) is 8.96 Å². The van der Waals surface area contributed by atoms with Crippen molar-refractivity contribution in [1.29, 1.82) is 0 Å². The van der Waals surface area contributed by atoms with Gasteiger partial charge in [0, 0.05) is 0 Å². The Hall–Kier alpha value is -1.95. The highest BCUT2D eigenvalue weighted by Gasteiger charge is 2.12. The molecule has 0 amide bonds. The van der Waals surface area contributed by atoms with Gasteiger partial charge in [-0.1, -0.05) is 5.10 Å². The summed E-state index contributed by atoms with van der Waals surface area (Å²) >= 11 is 0. The number of nitrogens with two attached hydrogens (primary N) is 1. The molecule has 0 unspecified atom stereocenters. The second-order valence-electron chi connectivity index (χ2n) is 3.12. The Morgan fingerprint density at radius 3 is 2.56 bits per heavy atom. The van der Waals surface area contributed by atoms with E-state index in [9.17, 15) is 4.39 Å². The van der Waals surface area contributed by atoms with E-state index >= 15 is 0 Å². The maximum atomic E-state index is 12.8. The summed E-state index contributed by atoms with van der Waals surface area (Å²) in [6.07, 6.45) is 0. The average molecular weight is 222 g/mol. The van der Waals surface area contributed by atoms with Gasteiger partial charge in [0.05, 0.1) is 19.3 Å². The van der Waals surface area contributed by atoms with Crippen LogP contribution in [0.4, 0.5) is 4.39 Å². The second-order valence-corrected chi connectivity index (χ2v) is 3.12. The van der Waals surface area contributed by atoms with Gasteiger partial charge < -0.3 is 10.5 Å². The lowest BCUT2D eigenvalue weighted by Gasteiger charge is -2.07. The Bertz CT molecular complexity index is 459. The predicted octanol–water partition coefficient (Wildman–Crippen LogP) is 0.874. The van der Waals surface area contributed by atoms with Crippen LogP contribution in [-0.2, 0) is 6.54 Å². The van der Waals surface area contributed by atoms with E-state index in [0.717, 1.165) is 0 Å². The monoisotopic (exact) mass is 222 g/mol. The van der Waals surface area contributed by atoms with Crippen molar-refractivity contribution in [2.45, 2.75) is 6.54 Å². The molecular formula is C10H11FN4O. The fraction of sp³-hybridized carbons (Fsp3) is 0.200. The van der Waals surface area contributed by atoms with Crippen molar-refractivity contribution in [2.24, 2.45) is 5.73 Å². The minimum Gasteiger partial charge on any atom is -0.467 e. The quantitative estimate of drug-likeness (QED) is 0.837. The van der Waals surface area contributed by atoms with E-state index < -0.39 is 0 Å². The Labute approximate surface area is 91.7 Å². The number of aromatic nitrogens is 3. The van der Waals surface area contributed by atoms with E-state index in [0.29, 0.717) is 17.5 Å². The highest BCUT2D eigenvalue weighted by atomic mass is 19.1. The number of hydrogen-bond acceptors (Lipinski definition) is 4. The minimum atomic E-state index is -0.301. The van der Waals surface area contributed by atoms with Gasteiger partial charge >= 0.3 is 6.01 Å². The molecule has 0 aliphatic rings. The molecule has 84 valence electrons. The van der Waals surface area contributed by atoms with Gasteiger partial charge in [-0.2, -0.15) is 0 Å². The smallest absolute Gasteiger partial charge is 0.321 e. The van der Waals surface area contributed by atoms with E-state index in [1.165, 1.54) is 19.2 Å². The summed E-state index contributed by atoms with van der Waals surface area (Å²) in [7, 11) is 1.49. The lowest BCUT2D eigenvalue weighted by Crippen LogP contribution is -2.07. The molecule has 16 heavy (non-hydrogen) atoms. The van der Waals surface area contributed by atoms with E-state index in [-0.39, 0.29) is 12.4 Å². The van der Waals surface area contributed by atoms with Crippen LogP contribution in [0.15, 0.2) is 24.3 Å². The third-order valence-electron chi connectivity index (χ3n) is 2.15. The van der Waals surface area contributed by atoms with Gasteiger partial charge in [0.2, 0.25) is 0 Å². The molecule has 0 fully saturated rings. The minimum absolute atomic E-state index is 0.230. The molecule has 5 nitrogen and oxygen atoms in total. The normalized spacial score (nSPS) is 10.4. The summed E-state index contributed by atoms with van der Waals surface area (Å²) in [5.41, 5.74) is 6.24. The Balaban J connectivity index is 2.52. The van der Waals surface area contributed by atoms with Crippen molar-refractivity contribution in [3.8, 4) is 11.7 Å². The fourth-order valence-corrected chi connectivity index (χ4v) is 1.41. The van der Waals surface area contributed by atoms with Crippen molar-refractivity contribution < 1.29 is 9.13 Å². The Kier molecular flexibility index (Phi) is 2.82. The number of ether oxygens (including phenoxy) is 1. The van der Waals surface area contributed by atoms with Crippen LogP contribution in [0.3, 0.4) is 0 Å². The third kappa shape index (κ3) is 1.74. The summed E-state index contributed by atoms with van der Waals surface area (Å²) in [5.74, 6) is 0.258. The first-order valence-corrected chi connectivity index (χ1v) is 4.70. The van der Waals surface area contributed by atoms with Crippen LogP contribution in [0.5, 0.6) is 6.01 Å². The SMILES string of the molecule is COc1nnc(CN)n1-c1ccc(F)cc1. The zero-order chi connectivity index (χ0) is 11.5. The summed E-state index contributed by atoms with van der Waals surface area (Å²) in [4.78, 5) is 0. The van der Waals surface area contributed by atoms with Crippen LogP contribution < -0.4 is 10.5 Å². The molecule has 0 bridgehead atoms. The maximum absolute atomic E-state index is 12.8. The molecule has 1 aromatic heterocycles. The predicted molar refractivity (Wildman–Crippen MR) is 55.8 cm³/mol. The van der Waals surface area contributed by atoms with E-state index in [1.807, 2.05) is 0 Å². The highest BCUT2D eigenvalue weighted by molar-refractivity contribution is 5.35. The number of halogens is 1. The number of methoxy groups -OCH3 is 1. The molecule has 0 aliphatic heterocycles. The number of benzene rings is 1. The Morgan fingerprint density at radius 1 is 1.31 bits per heavy atom. The van der Waals surface area contributed by atoms with E-state index in [2.05, 4.69) is 10.2 Å². The van der Waals surface area contributed by atoms with Gasteiger partial charge in [0.15, 0.2) is 5.82 Å². The van der Waals surface area contributed by atoms with Gasteiger partial charge in [0.25, 0.3) is 0 Å². The molecule has 2 N–H and O–H groups in total. The molecule has 2 aromatic rings. The van der Waals surface area contributed by atoms with Gasteiger partial charge in [0.1, 0.15) is 5.82 Å². The topological polar surface area (TPSA) is 66.0 Å². The van der Waals surface area contributed by atoms with Crippen molar-refractivity contribution in [2.75, 3.05) is 7.11 Å². The highest BCUT2D eigenvalue weighted by Crippen LogP contribution is 2.18. The molecule has 0 radical (unpaired) electrons. The van der Waals surface area contributed by atoms with Crippen LogP contribution in [0.2, 0.25) is 0 Å². The molecular weight excluding hydrogens is 211 g/mol. The van der Waals surface area contributed by atoms with Crippen molar-refractivity contribution in [3.63, 3.8) is 0 Å². The summed E-state index contributed by atoms with van der Waals surface area (Å²) in [6.45, 7) is 0.230. The Morgan fingerprint density at radius 2 is 2.00 bits per heavy atom. The number of rotatable bonds is 3. The lowest BCUT2D eigenvalue weighted by molar-refractivity contribution is 0.371. The molecule has 1 heterocycles. The van der Waals surface area contributed by atoms with Crippen LogP contribution in [0.25, 0.3) is 5.69 Å². The standard InChI is InChI=1S/C10H11FN4O/c1-16-10-14-13-9(6-12)15(10)8-4-2-7(11)3-5-8/h2-5H,6,12H2,1H3. The van der Waals surface area contributed by atoms with Crippen LogP contribution in [0, 0.1) is 5.82 Å². The average Bonchev–Trinajstić information content (AvgIpc) is 2.73. The number of nitrogens with zero attached hydrogens (tertiary/aromatic N) is 3. The van der Waals surface area contributed by atoms with Crippen molar-refractivity contribution in [3.05, 3.63) is 35.9 Å². The third-order valence-corrected chi connectivity index (χ3v) is 2.15. The molecule has 1 aromatic carbocycles. The first-order chi connectivity index (χ1) is 7.76. The first kappa shape index (κ1) is 10.6. The summed E-state index contributed by atoms with van der Waals surface area (Å²) in [6, 6.07) is 6.26. The van der Waals surface area contributed by atoms with Crippen LogP contribution >= 0.6 is 0 Å². The van der Waals surface area contributed by atoms with Crippen LogP contribution in [0.1, 0.15) is 5.82 Å². The zero-order valence-electron chi connectivity index (χ0n) is 8.72. The molecule has 0 spiro atoms. The molecule has 0 saturated carbocycles. The maximum Gasteiger partial charge on any atom is 0.321 e. The molecule has 2 rings (SSSR count). The number of hydrogen-bond donors (Lipinski definition) is 1. The summed E-state index contributed by atoms with van der Waals surface area (Å²) in [5, 5.41) is 7.69. The van der Waals surface area contributed by atoms with Gasteiger partial charge in [-0.15, -0.1) is 5.10 Å². The largest absolute Gasteiger partial charge is 0.467 e. The second kappa shape index (κ2) is 4.28. The van der Waals surface area contributed by atoms with Gasteiger partial charge in [-0.3, -0.25) is 0 Å². The van der Waals surface area contributed by atoms with Crippen molar-refractivity contribution in [1.82, 2.24) is 14.8 Å². The van der Waals surface area contributed by atoms with Crippen molar-refractivity contribution >= 4 is 0 Å². The first-order valence-electron chi connectivity index (χ1n) is 4.70. The summed E-state index contributed by atoms with van der Waals surface area (Å²) < 4.78 is 19.5. The van der Waals surface area contributed by atoms with E-state index in [1.54, 1.807) is 16.7 Å².